The first-order valence-electron chi connectivity index (χ1n) is 7.85. The van der Waals surface area contributed by atoms with Crippen molar-refractivity contribution in [2.24, 2.45) is 13.0 Å². The summed E-state index contributed by atoms with van der Waals surface area (Å²) in [5.41, 5.74) is 3.27. The lowest BCUT2D eigenvalue weighted by atomic mass is 10.0. The van der Waals surface area contributed by atoms with Gasteiger partial charge in [0.15, 0.2) is 5.82 Å². The van der Waals surface area contributed by atoms with E-state index in [0.29, 0.717) is 11.7 Å². The van der Waals surface area contributed by atoms with E-state index in [9.17, 15) is 4.79 Å². The minimum Gasteiger partial charge on any atom is -0.309 e. The van der Waals surface area contributed by atoms with Crippen LogP contribution in [0.25, 0.3) is 0 Å². The Bertz CT molecular complexity index is 723. The van der Waals surface area contributed by atoms with Crippen LogP contribution in [0.15, 0.2) is 18.6 Å². The maximum atomic E-state index is 12.3. The molecule has 0 spiro atoms. The van der Waals surface area contributed by atoms with Gasteiger partial charge in [0.05, 0.1) is 23.8 Å². The number of hydrogen-bond donors (Lipinski definition) is 1. The van der Waals surface area contributed by atoms with Crippen LogP contribution < -0.4 is 5.32 Å². The molecule has 1 amide bonds. The molecule has 0 aromatic carbocycles. The van der Waals surface area contributed by atoms with E-state index in [1.807, 2.05) is 19.4 Å². The lowest BCUT2D eigenvalue weighted by Crippen LogP contribution is -2.17. The van der Waals surface area contributed by atoms with Crippen molar-refractivity contribution in [2.45, 2.75) is 38.0 Å². The lowest BCUT2D eigenvalue weighted by Gasteiger charge is -2.14. The summed E-state index contributed by atoms with van der Waals surface area (Å²) in [6.07, 6.45) is 10.7. The predicted octanol–water partition coefficient (Wildman–Crippen LogP) is 1.83. The van der Waals surface area contributed by atoms with Crippen LogP contribution in [0.1, 0.15) is 42.1 Å². The van der Waals surface area contributed by atoms with E-state index in [1.165, 1.54) is 6.42 Å². The van der Waals surface area contributed by atoms with Gasteiger partial charge < -0.3 is 5.32 Å². The second kappa shape index (κ2) is 5.19. The van der Waals surface area contributed by atoms with Gasteiger partial charge >= 0.3 is 0 Å². The first kappa shape index (κ1) is 13.4. The van der Waals surface area contributed by atoms with Crippen LogP contribution in [0.5, 0.6) is 0 Å². The second-order valence-corrected chi connectivity index (χ2v) is 6.24. The minimum absolute atomic E-state index is 0.0297. The number of nitrogens with zero attached hydrogens (tertiary/aromatic N) is 4. The normalized spacial score (nSPS) is 23.0. The number of aryl methyl sites for hydroxylation is 3. The molecule has 2 heterocycles. The number of amides is 1. The highest BCUT2D eigenvalue weighted by Gasteiger charge is 2.44. The Kier molecular flexibility index (Phi) is 3.17. The summed E-state index contributed by atoms with van der Waals surface area (Å²) in [6.45, 7) is 0. The molecule has 6 nitrogen and oxygen atoms in total. The predicted molar refractivity (Wildman–Crippen MR) is 81.4 cm³/mol. The summed E-state index contributed by atoms with van der Waals surface area (Å²) in [5, 5.41) is 7.09. The number of nitrogens with one attached hydrogen (secondary N) is 1. The number of fused-ring (bicyclic) bond motifs is 1. The molecule has 2 aliphatic carbocycles. The first-order valence-corrected chi connectivity index (χ1v) is 7.85. The Morgan fingerprint density at radius 3 is 2.86 bits per heavy atom. The van der Waals surface area contributed by atoms with Crippen LogP contribution in [0.2, 0.25) is 0 Å². The lowest BCUT2D eigenvalue weighted by molar-refractivity contribution is -0.117. The van der Waals surface area contributed by atoms with Crippen molar-refractivity contribution < 1.29 is 4.79 Å². The van der Waals surface area contributed by atoms with Crippen LogP contribution in [0.3, 0.4) is 0 Å². The van der Waals surface area contributed by atoms with Crippen LogP contribution in [0.4, 0.5) is 5.82 Å². The monoisotopic (exact) mass is 297 g/mol. The molecular formula is C16H19N5O. The van der Waals surface area contributed by atoms with Gasteiger partial charge in [0.25, 0.3) is 0 Å². The van der Waals surface area contributed by atoms with Crippen molar-refractivity contribution >= 4 is 11.7 Å². The molecule has 0 aliphatic heterocycles. The fourth-order valence-corrected chi connectivity index (χ4v) is 3.21. The summed E-state index contributed by atoms with van der Waals surface area (Å²) in [4.78, 5) is 21.3. The Balaban J connectivity index is 1.42. The SMILES string of the molecule is Cn1cc([C@@H]2C[C@H]2C(=O)Nc2cnc3c(n2)CCCC3)cn1. The van der Waals surface area contributed by atoms with E-state index in [-0.39, 0.29) is 11.8 Å². The van der Waals surface area contributed by atoms with Crippen LogP contribution in [0, 0.1) is 5.92 Å². The average molecular weight is 297 g/mol. The minimum atomic E-state index is 0.0297. The molecule has 6 heteroatoms. The van der Waals surface area contributed by atoms with E-state index in [4.69, 9.17) is 0 Å². The van der Waals surface area contributed by atoms with Gasteiger partial charge in [-0.05, 0) is 43.6 Å². The van der Waals surface area contributed by atoms with Gasteiger partial charge in [0, 0.05) is 19.2 Å². The van der Waals surface area contributed by atoms with Crippen LogP contribution >= 0.6 is 0 Å². The van der Waals surface area contributed by atoms with E-state index < -0.39 is 0 Å². The molecule has 114 valence electrons. The average Bonchev–Trinajstić information content (AvgIpc) is 3.22. The third-order valence-electron chi connectivity index (χ3n) is 4.54. The smallest absolute Gasteiger partial charge is 0.229 e. The molecular weight excluding hydrogens is 278 g/mol. The Labute approximate surface area is 129 Å². The molecule has 2 aromatic heterocycles. The molecule has 2 aromatic rings. The molecule has 0 bridgehead atoms. The summed E-state index contributed by atoms with van der Waals surface area (Å²) < 4.78 is 1.78. The maximum Gasteiger partial charge on any atom is 0.229 e. The number of carbonyl (C=O) groups excluding carboxylic acids is 1. The van der Waals surface area contributed by atoms with Crippen molar-refractivity contribution in [3.8, 4) is 0 Å². The quantitative estimate of drug-likeness (QED) is 0.938. The largest absolute Gasteiger partial charge is 0.309 e. The topological polar surface area (TPSA) is 72.7 Å². The van der Waals surface area contributed by atoms with Gasteiger partial charge in [-0.25, -0.2) is 4.98 Å². The van der Waals surface area contributed by atoms with E-state index >= 15 is 0 Å². The van der Waals surface area contributed by atoms with Gasteiger partial charge in [0.2, 0.25) is 5.91 Å². The molecule has 22 heavy (non-hydrogen) atoms. The van der Waals surface area contributed by atoms with Gasteiger partial charge in [-0.1, -0.05) is 0 Å². The van der Waals surface area contributed by atoms with Crippen molar-refractivity contribution in [1.29, 1.82) is 0 Å². The second-order valence-electron chi connectivity index (χ2n) is 6.24. The summed E-state index contributed by atoms with van der Waals surface area (Å²) >= 11 is 0. The van der Waals surface area contributed by atoms with Gasteiger partial charge in [-0.3, -0.25) is 14.5 Å². The van der Waals surface area contributed by atoms with Gasteiger partial charge in [0.1, 0.15) is 0 Å². The molecule has 0 saturated heterocycles. The zero-order chi connectivity index (χ0) is 15.1. The molecule has 1 saturated carbocycles. The maximum absolute atomic E-state index is 12.3. The van der Waals surface area contributed by atoms with Crippen LogP contribution in [-0.4, -0.2) is 25.7 Å². The molecule has 0 unspecified atom stereocenters. The third kappa shape index (κ3) is 2.49. The van der Waals surface area contributed by atoms with Gasteiger partial charge in [-0.15, -0.1) is 0 Å². The summed E-state index contributed by atoms with van der Waals surface area (Å²) in [6, 6.07) is 0. The third-order valence-corrected chi connectivity index (χ3v) is 4.54. The summed E-state index contributed by atoms with van der Waals surface area (Å²) in [7, 11) is 1.89. The zero-order valence-corrected chi connectivity index (χ0v) is 12.6. The van der Waals surface area contributed by atoms with E-state index in [0.717, 1.165) is 42.6 Å². The molecule has 1 N–H and O–H groups in total. The fraction of sp³-hybridized carbons (Fsp3) is 0.500. The number of rotatable bonds is 3. The molecule has 1 fully saturated rings. The number of hydrogen-bond acceptors (Lipinski definition) is 4. The van der Waals surface area contributed by atoms with Crippen molar-refractivity contribution in [2.75, 3.05) is 5.32 Å². The molecule has 4 rings (SSSR count). The summed E-state index contributed by atoms with van der Waals surface area (Å²) in [5.74, 6) is 0.947. The zero-order valence-electron chi connectivity index (χ0n) is 12.6. The fourth-order valence-electron chi connectivity index (χ4n) is 3.21. The highest BCUT2D eigenvalue weighted by molar-refractivity contribution is 5.94. The van der Waals surface area contributed by atoms with E-state index in [1.54, 1.807) is 10.9 Å². The Morgan fingerprint density at radius 2 is 2.09 bits per heavy atom. The van der Waals surface area contributed by atoms with Crippen molar-refractivity contribution in [1.82, 2.24) is 19.7 Å². The Morgan fingerprint density at radius 1 is 1.27 bits per heavy atom. The molecule has 2 aliphatic rings. The van der Waals surface area contributed by atoms with Crippen molar-refractivity contribution in [3.05, 3.63) is 35.5 Å². The number of carbonyl (C=O) groups is 1. The van der Waals surface area contributed by atoms with Gasteiger partial charge in [-0.2, -0.15) is 5.10 Å². The van der Waals surface area contributed by atoms with Crippen LogP contribution in [-0.2, 0) is 24.7 Å². The number of aromatic nitrogens is 4. The highest BCUT2D eigenvalue weighted by Crippen LogP contribution is 2.47. The van der Waals surface area contributed by atoms with Crippen molar-refractivity contribution in [3.63, 3.8) is 0 Å². The standard InChI is InChI=1S/C16H19N5O/c1-21-9-10(7-18-21)11-6-12(11)16(22)20-15-8-17-13-4-2-3-5-14(13)19-15/h7-9,11-12H,2-6H2,1H3,(H,19,20,22)/t11-,12+/m0/s1. The molecule has 2 atom stereocenters. The first-order chi connectivity index (χ1) is 10.7. The highest BCUT2D eigenvalue weighted by atomic mass is 16.2. The van der Waals surface area contributed by atoms with E-state index in [2.05, 4.69) is 20.4 Å². The molecule has 0 radical (unpaired) electrons. The Hall–Kier alpha value is -2.24. The number of anilines is 1.